The monoisotopic (exact) mass is 318 g/mol. The van der Waals surface area contributed by atoms with Crippen LogP contribution in [0, 0.1) is 5.92 Å². The number of amides is 2. The predicted molar refractivity (Wildman–Crippen MR) is 89.1 cm³/mol. The zero-order valence-electron chi connectivity index (χ0n) is 14.0. The number of carbonyl (C=O) groups excluding carboxylic acids is 2. The molecule has 0 aliphatic carbocycles. The van der Waals surface area contributed by atoms with E-state index < -0.39 is 6.04 Å². The maximum Gasteiger partial charge on any atom is 0.258 e. The number of hydrogen-bond acceptors (Lipinski definition) is 3. The number of nitrogens with zero attached hydrogens (tertiary/aromatic N) is 1. The molecule has 1 aromatic carbocycles. The van der Waals surface area contributed by atoms with Crippen LogP contribution in [0.1, 0.15) is 33.1 Å². The lowest BCUT2D eigenvalue weighted by Crippen LogP contribution is -2.53. The van der Waals surface area contributed by atoms with E-state index in [4.69, 9.17) is 4.74 Å². The highest BCUT2D eigenvalue weighted by Crippen LogP contribution is 2.13. The van der Waals surface area contributed by atoms with Crippen LogP contribution in [0.2, 0.25) is 0 Å². The molecule has 1 aliphatic heterocycles. The van der Waals surface area contributed by atoms with Gasteiger partial charge >= 0.3 is 0 Å². The first-order chi connectivity index (χ1) is 11.1. The molecule has 5 nitrogen and oxygen atoms in total. The van der Waals surface area contributed by atoms with Gasteiger partial charge < -0.3 is 15.0 Å². The first-order valence-electron chi connectivity index (χ1n) is 8.34. The summed E-state index contributed by atoms with van der Waals surface area (Å²) in [6.45, 7) is 5.40. The van der Waals surface area contributed by atoms with Crippen LogP contribution in [0.5, 0.6) is 5.75 Å². The minimum absolute atomic E-state index is 0.0211. The van der Waals surface area contributed by atoms with Crippen LogP contribution >= 0.6 is 0 Å². The third kappa shape index (κ3) is 5.27. The van der Waals surface area contributed by atoms with E-state index >= 15 is 0 Å². The Bertz CT molecular complexity index is 510. The number of para-hydroxylation sites is 1. The van der Waals surface area contributed by atoms with Crippen molar-refractivity contribution in [1.29, 1.82) is 0 Å². The molecule has 1 atom stereocenters. The highest BCUT2D eigenvalue weighted by Gasteiger charge is 2.29. The third-order valence-electron chi connectivity index (χ3n) is 4.03. The molecule has 0 spiro atoms. The van der Waals surface area contributed by atoms with Gasteiger partial charge in [0, 0.05) is 13.1 Å². The molecule has 0 unspecified atom stereocenters. The SMILES string of the molecule is CC(C)[C@@H](NC(=O)COc1ccccc1)C(=O)N1CCCCC1. The van der Waals surface area contributed by atoms with Gasteiger partial charge in [0.1, 0.15) is 11.8 Å². The van der Waals surface area contributed by atoms with Gasteiger partial charge in [-0.1, -0.05) is 32.0 Å². The largest absolute Gasteiger partial charge is 0.484 e. The van der Waals surface area contributed by atoms with Crippen LogP contribution in [0.25, 0.3) is 0 Å². The van der Waals surface area contributed by atoms with E-state index in [0.29, 0.717) is 5.75 Å². The van der Waals surface area contributed by atoms with Crippen molar-refractivity contribution in [2.45, 2.75) is 39.2 Å². The molecule has 5 heteroatoms. The van der Waals surface area contributed by atoms with Crippen molar-refractivity contribution >= 4 is 11.8 Å². The fraction of sp³-hybridized carbons (Fsp3) is 0.556. The molecule has 126 valence electrons. The Hall–Kier alpha value is -2.04. The van der Waals surface area contributed by atoms with Crippen molar-refractivity contribution in [3.8, 4) is 5.75 Å². The van der Waals surface area contributed by atoms with Gasteiger partial charge in [0.2, 0.25) is 5.91 Å². The van der Waals surface area contributed by atoms with E-state index in [-0.39, 0.29) is 24.3 Å². The Morgan fingerprint density at radius 3 is 2.39 bits per heavy atom. The van der Waals surface area contributed by atoms with Gasteiger partial charge in [-0.3, -0.25) is 9.59 Å². The van der Waals surface area contributed by atoms with Crippen molar-refractivity contribution in [2.24, 2.45) is 5.92 Å². The topological polar surface area (TPSA) is 58.6 Å². The summed E-state index contributed by atoms with van der Waals surface area (Å²) in [6.07, 6.45) is 3.26. The molecule has 1 saturated heterocycles. The van der Waals surface area contributed by atoms with Gasteiger partial charge in [-0.15, -0.1) is 0 Å². The Morgan fingerprint density at radius 1 is 1.13 bits per heavy atom. The van der Waals surface area contributed by atoms with Gasteiger partial charge in [-0.2, -0.15) is 0 Å². The summed E-state index contributed by atoms with van der Waals surface area (Å²) >= 11 is 0. The van der Waals surface area contributed by atoms with Crippen molar-refractivity contribution in [3.63, 3.8) is 0 Å². The van der Waals surface area contributed by atoms with E-state index in [9.17, 15) is 9.59 Å². The van der Waals surface area contributed by atoms with Crippen LogP contribution < -0.4 is 10.1 Å². The standard InChI is InChI=1S/C18H26N2O3/c1-14(2)17(18(22)20-11-7-4-8-12-20)19-16(21)13-23-15-9-5-3-6-10-15/h3,5-6,9-10,14,17H,4,7-8,11-13H2,1-2H3,(H,19,21)/t17-/m1/s1. The lowest BCUT2D eigenvalue weighted by Gasteiger charge is -2.32. The molecule has 0 saturated carbocycles. The smallest absolute Gasteiger partial charge is 0.258 e. The second-order valence-corrected chi connectivity index (χ2v) is 6.28. The van der Waals surface area contributed by atoms with E-state index in [1.165, 1.54) is 6.42 Å². The molecule has 0 radical (unpaired) electrons. The van der Waals surface area contributed by atoms with E-state index in [2.05, 4.69) is 5.32 Å². The van der Waals surface area contributed by atoms with Crippen LogP contribution in [-0.4, -0.2) is 42.5 Å². The molecule has 1 aliphatic rings. The summed E-state index contributed by atoms with van der Waals surface area (Å²) in [4.78, 5) is 26.6. The predicted octanol–water partition coefficient (Wildman–Crippen LogP) is 2.22. The van der Waals surface area contributed by atoms with E-state index in [0.717, 1.165) is 25.9 Å². The number of hydrogen-bond donors (Lipinski definition) is 1. The first-order valence-corrected chi connectivity index (χ1v) is 8.34. The third-order valence-corrected chi connectivity index (χ3v) is 4.03. The van der Waals surface area contributed by atoms with Crippen LogP contribution in [0.15, 0.2) is 30.3 Å². The van der Waals surface area contributed by atoms with Crippen LogP contribution in [0.4, 0.5) is 0 Å². The highest BCUT2D eigenvalue weighted by atomic mass is 16.5. The Kier molecular flexibility index (Phi) is 6.44. The van der Waals surface area contributed by atoms with Gasteiger partial charge in [-0.05, 0) is 37.3 Å². The van der Waals surface area contributed by atoms with Crippen molar-refractivity contribution in [2.75, 3.05) is 19.7 Å². The second-order valence-electron chi connectivity index (χ2n) is 6.28. The zero-order chi connectivity index (χ0) is 16.7. The second kappa shape index (κ2) is 8.56. The minimum atomic E-state index is -0.486. The molecule has 23 heavy (non-hydrogen) atoms. The number of piperidine rings is 1. The normalized spacial score (nSPS) is 16.0. The van der Waals surface area contributed by atoms with E-state index in [1.54, 1.807) is 12.1 Å². The summed E-state index contributed by atoms with van der Waals surface area (Å²) in [5, 5.41) is 2.83. The maximum absolute atomic E-state index is 12.6. The molecular weight excluding hydrogens is 292 g/mol. The first kappa shape index (κ1) is 17.3. The Labute approximate surface area is 138 Å². The van der Waals surface area contributed by atoms with Gasteiger partial charge in [0.25, 0.3) is 5.91 Å². The lowest BCUT2D eigenvalue weighted by molar-refractivity contribution is -0.138. The van der Waals surface area contributed by atoms with Crippen molar-refractivity contribution in [1.82, 2.24) is 10.2 Å². The molecule has 0 aromatic heterocycles. The molecular formula is C18H26N2O3. The zero-order valence-corrected chi connectivity index (χ0v) is 14.0. The molecule has 1 N–H and O–H groups in total. The number of ether oxygens (including phenoxy) is 1. The summed E-state index contributed by atoms with van der Waals surface area (Å²) < 4.78 is 5.44. The average Bonchev–Trinajstić information content (AvgIpc) is 2.58. The summed E-state index contributed by atoms with van der Waals surface area (Å²) in [5.41, 5.74) is 0. The molecule has 2 amide bonds. The summed E-state index contributed by atoms with van der Waals surface area (Å²) in [7, 11) is 0. The fourth-order valence-electron chi connectivity index (χ4n) is 2.71. The Morgan fingerprint density at radius 2 is 1.78 bits per heavy atom. The molecule has 1 aromatic rings. The Balaban J connectivity index is 1.87. The average molecular weight is 318 g/mol. The quantitative estimate of drug-likeness (QED) is 0.875. The molecule has 2 rings (SSSR count). The van der Waals surface area contributed by atoms with Crippen LogP contribution in [0.3, 0.4) is 0 Å². The number of benzene rings is 1. The highest BCUT2D eigenvalue weighted by molar-refractivity contribution is 5.88. The van der Waals surface area contributed by atoms with Crippen LogP contribution in [-0.2, 0) is 9.59 Å². The lowest BCUT2D eigenvalue weighted by atomic mass is 10.0. The molecule has 1 heterocycles. The minimum Gasteiger partial charge on any atom is -0.484 e. The van der Waals surface area contributed by atoms with Gasteiger partial charge in [0.15, 0.2) is 6.61 Å². The summed E-state index contributed by atoms with van der Waals surface area (Å²) in [5.74, 6) is 0.446. The molecule has 1 fully saturated rings. The number of carbonyl (C=O) groups is 2. The maximum atomic E-state index is 12.6. The molecule has 0 bridgehead atoms. The van der Waals surface area contributed by atoms with Crippen molar-refractivity contribution < 1.29 is 14.3 Å². The van der Waals surface area contributed by atoms with Crippen molar-refractivity contribution in [3.05, 3.63) is 30.3 Å². The van der Waals surface area contributed by atoms with E-state index in [1.807, 2.05) is 36.9 Å². The summed E-state index contributed by atoms with van der Waals surface area (Å²) in [6, 6.07) is 8.70. The van der Waals surface area contributed by atoms with Gasteiger partial charge in [0.05, 0.1) is 0 Å². The fourth-order valence-corrected chi connectivity index (χ4v) is 2.71. The number of likely N-dealkylation sites (tertiary alicyclic amines) is 1. The number of nitrogens with one attached hydrogen (secondary N) is 1. The number of rotatable bonds is 6. The van der Waals surface area contributed by atoms with Gasteiger partial charge in [-0.25, -0.2) is 0 Å².